The second-order valence-electron chi connectivity index (χ2n) is 1.89. The van der Waals surface area contributed by atoms with Crippen molar-refractivity contribution in [1.82, 2.24) is 4.73 Å². The van der Waals surface area contributed by atoms with E-state index < -0.39 is 0 Å². The van der Waals surface area contributed by atoms with Gasteiger partial charge in [-0.25, -0.2) is 5.26 Å². The molecule has 0 spiro atoms. The van der Waals surface area contributed by atoms with Gasteiger partial charge in [0, 0.05) is 6.07 Å². The highest BCUT2D eigenvalue weighted by atomic mass is 32.2. The summed E-state index contributed by atoms with van der Waals surface area (Å²) in [4.78, 5) is 4.71. The normalized spacial score (nSPS) is 10.3. The van der Waals surface area contributed by atoms with E-state index in [2.05, 4.69) is 14.2 Å². The average Bonchev–Trinajstić information content (AvgIpc) is 2.38. The maximum absolute atomic E-state index is 9.28. The summed E-state index contributed by atoms with van der Waals surface area (Å²) in [5.74, 6) is -0.661. The molecule has 13 heavy (non-hydrogen) atoms. The molecule has 0 saturated heterocycles. The number of aromatic nitrogens is 1. The Hall–Kier alpha value is -1.09. The largest absolute Gasteiger partial charge is 0.492 e. The van der Waals surface area contributed by atoms with Crippen LogP contribution in [0.4, 0.5) is 0 Å². The zero-order chi connectivity index (χ0) is 9.84. The summed E-state index contributed by atoms with van der Waals surface area (Å²) in [6, 6.07) is 1.17. The molecule has 0 fully saturated rings. The van der Waals surface area contributed by atoms with Crippen molar-refractivity contribution < 1.29 is 29.7 Å². The number of hydrogen-bond donors (Lipinski definition) is 3. The van der Waals surface area contributed by atoms with Gasteiger partial charge in [0.2, 0.25) is 11.8 Å². The molecule has 74 valence electrons. The lowest BCUT2D eigenvalue weighted by Crippen LogP contribution is -2.03. The van der Waals surface area contributed by atoms with E-state index >= 15 is 0 Å². The third kappa shape index (κ3) is 1.98. The van der Waals surface area contributed by atoms with Gasteiger partial charge < -0.3 is 15.1 Å². The second-order valence-corrected chi connectivity index (χ2v) is 2.64. The molecule has 0 unspecified atom stereocenters. The zero-order valence-electron chi connectivity index (χ0n) is 6.50. The quantitative estimate of drug-likeness (QED) is 0.375. The van der Waals surface area contributed by atoms with E-state index in [4.69, 9.17) is 10.4 Å². The molecule has 0 atom stereocenters. The molecule has 3 N–H and O–H groups in total. The summed E-state index contributed by atoms with van der Waals surface area (Å²) in [6.45, 7) is 0. The minimum absolute atomic E-state index is 0.133. The topological polar surface area (TPSA) is 93.3 Å². The lowest BCUT2D eigenvalue weighted by atomic mass is 10.6. The minimum Gasteiger partial charge on any atom is -0.492 e. The third-order valence-corrected chi connectivity index (χ3v) is 1.83. The van der Waals surface area contributed by atoms with E-state index in [1.807, 2.05) is 0 Å². The maximum Gasteiger partial charge on any atom is 0.245 e. The third-order valence-electron chi connectivity index (χ3n) is 1.22. The molecule has 1 aromatic rings. The van der Waals surface area contributed by atoms with Crippen LogP contribution in [0.2, 0.25) is 0 Å². The standard InChI is InChI=1S/C5H7NO6S/c1-10-6-4(7)2-3(5(6)8)13-12-11-9/h2,7-9H,1H3. The van der Waals surface area contributed by atoms with E-state index in [9.17, 15) is 5.11 Å². The van der Waals surface area contributed by atoms with E-state index in [1.54, 1.807) is 0 Å². The molecule has 1 heterocycles. The summed E-state index contributed by atoms with van der Waals surface area (Å²) < 4.78 is 4.81. The molecule has 0 aliphatic heterocycles. The van der Waals surface area contributed by atoms with Crippen LogP contribution in [0.5, 0.6) is 11.8 Å². The predicted octanol–water partition coefficient (Wildman–Crippen LogP) is 0.386. The van der Waals surface area contributed by atoms with Gasteiger partial charge in [0.05, 0.1) is 12.0 Å². The van der Waals surface area contributed by atoms with E-state index in [-0.39, 0.29) is 16.7 Å². The molecule has 0 aromatic carbocycles. The number of hydrogen-bond acceptors (Lipinski definition) is 7. The summed E-state index contributed by atoms with van der Waals surface area (Å²) in [5.41, 5.74) is 0. The van der Waals surface area contributed by atoms with Crippen molar-refractivity contribution in [3.05, 3.63) is 6.07 Å². The lowest BCUT2D eigenvalue weighted by molar-refractivity contribution is -0.432. The molecular formula is C5H7NO6S. The summed E-state index contributed by atoms with van der Waals surface area (Å²) in [6.07, 6.45) is 0. The van der Waals surface area contributed by atoms with Gasteiger partial charge in [-0.2, -0.15) is 0 Å². The molecular weight excluding hydrogens is 202 g/mol. The van der Waals surface area contributed by atoms with Crippen molar-refractivity contribution in [3.8, 4) is 11.8 Å². The molecule has 1 rings (SSSR count). The van der Waals surface area contributed by atoms with Crippen LogP contribution < -0.4 is 4.84 Å². The fourth-order valence-corrected chi connectivity index (χ4v) is 1.16. The van der Waals surface area contributed by atoms with Crippen LogP contribution in [0.1, 0.15) is 0 Å². The van der Waals surface area contributed by atoms with E-state index in [0.717, 1.165) is 4.73 Å². The van der Waals surface area contributed by atoms with Crippen molar-refractivity contribution in [2.24, 2.45) is 0 Å². The smallest absolute Gasteiger partial charge is 0.245 e. The van der Waals surface area contributed by atoms with Crippen molar-refractivity contribution in [2.75, 3.05) is 7.11 Å². The van der Waals surface area contributed by atoms with E-state index in [1.165, 1.54) is 13.2 Å². The molecule has 0 aliphatic carbocycles. The molecule has 1 aromatic heterocycles. The Labute approximate surface area is 77.1 Å². The Morgan fingerprint density at radius 2 is 2.15 bits per heavy atom. The number of nitrogens with zero attached hydrogens (tertiary/aromatic N) is 1. The highest BCUT2D eigenvalue weighted by Crippen LogP contribution is 2.34. The van der Waals surface area contributed by atoms with Crippen molar-refractivity contribution in [1.29, 1.82) is 0 Å². The first-order valence-corrected chi connectivity index (χ1v) is 3.77. The van der Waals surface area contributed by atoms with Gasteiger partial charge in [-0.1, -0.05) is 5.04 Å². The first-order chi connectivity index (χ1) is 6.20. The fourth-order valence-electron chi connectivity index (χ4n) is 0.742. The zero-order valence-corrected chi connectivity index (χ0v) is 7.32. The first-order valence-electron chi connectivity index (χ1n) is 3.03. The number of rotatable bonds is 4. The number of aromatic hydroxyl groups is 2. The molecule has 0 saturated carbocycles. The molecule has 7 nitrogen and oxygen atoms in total. The minimum atomic E-state index is -0.359. The first kappa shape index (κ1) is 9.99. The molecule has 8 heteroatoms. The van der Waals surface area contributed by atoms with E-state index in [0.29, 0.717) is 12.0 Å². The Morgan fingerprint density at radius 3 is 2.62 bits per heavy atom. The van der Waals surface area contributed by atoms with Crippen LogP contribution in [-0.4, -0.2) is 27.3 Å². The van der Waals surface area contributed by atoms with Crippen molar-refractivity contribution in [3.63, 3.8) is 0 Å². The monoisotopic (exact) mass is 209 g/mol. The van der Waals surface area contributed by atoms with Gasteiger partial charge in [0.25, 0.3) is 0 Å². The maximum atomic E-state index is 9.28. The summed E-state index contributed by atoms with van der Waals surface area (Å²) in [7, 11) is 1.26. The van der Waals surface area contributed by atoms with Crippen molar-refractivity contribution >= 4 is 12.0 Å². The Kier molecular flexibility index (Phi) is 3.25. The van der Waals surface area contributed by atoms with Gasteiger partial charge in [0.1, 0.15) is 12.0 Å². The SMILES string of the molecule is COn1c(O)cc(SOOO)c1O. The van der Waals surface area contributed by atoms with Gasteiger partial charge in [-0.15, -0.1) is 9.06 Å². The molecule has 0 radical (unpaired) electrons. The average molecular weight is 209 g/mol. The Morgan fingerprint density at radius 1 is 1.46 bits per heavy atom. The highest BCUT2D eigenvalue weighted by Gasteiger charge is 2.15. The summed E-state index contributed by atoms with van der Waals surface area (Å²) >= 11 is 0.514. The van der Waals surface area contributed by atoms with Crippen LogP contribution in [-0.2, 0) is 9.37 Å². The summed E-state index contributed by atoms with van der Waals surface area (Å²) in [5, 5.41) is 29.5. The van der Waals surface area contributed by atoms with Crippen LogP contribution in [0, 0.1) is 0 Å². The van der Waals surface area contributed by atoms with Gasteiger partial charge in [-0.05, 0) is 0 Å². The van der Waals surface area contributed by atoms with Crippen LogP contribution >= 0.6 is 12.0 Å². The van der Waals surface area contributed by atoms with Crippen LogP contribution in [0.25, 0.3) is 0 Å². The van der Waals surface area contributed by atoms with Crippen molar-refractivity contribution in [2.45, 2.75) is 4.90 Å². The van der Waals surface area contributed by atoms with Gasteiger partial charge in [0.15, 0.2) is 0 Å². The van der Waals surface area contributed by atoms with Crippen LogP contribution in [0.15, 0.2) is 11.0 Å². The Balaban J connectivity index is 2.83. The van der Waals surface area contributed by atoms with Gasteiger partial charge >= 0.3 is 0 Å². The lowest BCUT2D eigenvalue weighted by Gasteiger charge is -2.02. The molecule has 0 aliphatic rings. The molecule has 0 amide bonds. The molecule has 0 bridgehead atoms. The predicted molar refractivity (Wildman–Crippen MR) is 40.9 cm³/mol. The van der Waals surface area contributed by atoms with Gasteiger partial charge in [-0.3, -0.25) is 0 Å². The Bertz CT molecular complexity index is 287. The second kappa shape index (κ2) is 4.23. The van der Waals surface area contributed by atoms with Crippen LogP contribution in [0.3, 0.4) is 0 Å². The highest BCUT2D eigenvalue weighted by molar-refractivity contribution is 7.94. The fraction of sp³-hybridized carbons (Fsp3) is 0.200.